The summed E-state index contributed by atoms with van der Waals surface area (Å²) in [5, 5.41) is 16.0. The number of phenolic OH excluding ortho intramolecular Hbond substituents is 1. The van der Waals surface area contributed by atoms with Gasteiger partial charge in [-0.05, 0) is 76.3 Å². The van der Waals surface area contributed by atoms with E-state index in [2.05, 4.69) is 17.6 Å². The number of rotatable bonds is 13. The summed E-state index contributed by atoms with van der Waals surface area (Å²) in [6.07, 6.45) is 2.71. The molecule has 8 nitrogen and oxygen atoms in total. The molecule has 0 saturated heterocycles. The number of unbranched alkanes of at least 4 members (excludes halogenated alkanes) is 1. The van der Waals surface area contributed by atoms with E-state index in [9.17, 15) is 19.5 Å². The molecule has 8 heteroatoms. The van der Waals surface area contributed by atoms with E-state index >= 15 is 0 Å². The van der Waals surface area contributed by atoms with Crippen LogP contribution in [0.25, 0.3) is 0 Å². The van der Waals surface area contributed by atoms with E-state index in [0.717, 1.165) is 24.8 Å². The fourth-order valence-corrected chi connectivity index (χ4v) is 4.54. The Morgan fingerprint density at radius 2 is 1.68 bits per heavy atom. The molecule has 0 saturated carbocycles. The van der Waals surface area contributed by atoms with Crippen molar-refractivity contribution < 1.29 is 24.2 Å². The van der Waals surface area contributed by atoms with Gasteiger partial charge in [0.2, 0.25) is 11.8 Å². The number of hydrogen-bond acceptors (Lipinski definition) is 5. The van der Waals surface area contributed by atoms with Crippen LogP contribution < -0.4 is 10.6 Å². The third-order valence-corrected chi connectivity index (χ3v) is 6.51. The van der Waals surface area contributed by atoms with Gasteiger partial charge in [0, 0.05) is 19.0 Å². The number of ether oxygens (including phenoxy) is 1. The first-order chi connectivity index (χ1) is 18.9. The lowest BCUT2D eigenvalue weighted by Gasteiger charge is -2.35. The number of carbonyl (C=O) groups excluding carboxylic acids is 3. The highest BCUT2D eigenvalue weighted by atomic mass is 16.6. The molecule has 3 unspecified atom stereocenters. The minimum Gasteiger partial charge on any atom is -0.508 e. The van der Waals surface area contributed by atoms with E-state index in [-0.39, 0.29) is 30.0 Å². The highest BCUT2D eigenvalue weighted by Gasteiger charge is 2.36. The standard InChI is InChI=1S/C32H47N3O5/c1-8-10-19-35(28(29(37)33-23(4)14-9-2)25-17-18-27(36)22(3)20-25)30(38)26(21-24-15-12-11-13-16-24)34-31(39)40-32(5,6)7/h11-13,15-18,20,23,26,28,36H,8-10,14,19,21H2,1-7H3,(H,33,37)(H,34,39). The molecule has 0 aliphatic carbocycles. The Bertz CT molecular complexity index is 1110. The summed E-state index contributed by atoms with van der Waals surface area (Å²) in [4.78, 5) is 42.6. The Hall–Kier alpha value is -3.55. The van der Waals surface area contributed by atoms with Crippen LogP contribution in [0.15, 0.2) is 48.5 Å². The van der Waals surface area contributed by atoms with Crippen molar-refractivity contribution in [1.29, 1.82) is 0 Å². The fourth-order valence-electron chi connectivity index (χ4n) is 4.54. The van der Waals surface area contributed by atoms with E-state index in [4.69, 9.17) is 4.74 Å². The minimum atomic E-state index is -0.962. The Kier molecular flexibility index (Phi) is 12.5. The normalized spacial score (nSPS) is 13.6. The molecule has 2 aromatic rings. The monoisotopic (exact) mass is 553 g/mol. The smallest absolute Gasteiger partial charge is 0.408 e. The SMILES string of the molecule is CCCCN(C(=O)C(Cc1ccccc1)NC(=O)OC(C)(C)C)C(C(=O)NC(C)CCC)c1ccc(O)c(C)c1. The van der Waals surface area contributed by atoms with Gasteiger partial charge in [-0.3, -0.25) is 9.59 Å². The summed E-state index contributed by atoms with van der Waals surface area (Å²) in [5.74, 6) is -0.564. The van der Waals surface area contributed by atoms with Crippen LogP contribution in [-0.2, 0) is 20.7 Å². The van der Waals surface area contributed by atoms with Crippen molar-refractivity contribution in [3.63, 3.8) is 0 Å². The molecule has 0 aromatic heterocycles. The Morgan fingerprint density at radius 3 is 2.25 bits per heavy atom. The Morgan fingerprint density at radius 1 is 1.00 bits per heavy atom. The number of hydrogen-bond donors (Lipinski definition) is 3. The first-order valence-electron chi connectivity index (χ1n) is 14.3. The molecular formula is C32H47N3O5. The summed E-state index contributed by atoms with van der Waals surface area (Å²) in [7, 11) is 0. The predicted molar refractivity (Wildman–Crippen MR) is 158 cm³/mol. The average Bonchev–Trinajstić information content (AvgIpc) is 2.87. The zero-order chi connectivity index (χ0) is 29.9. The van der Waals surface area contributed by atoms with Crippen LogP contribution in [0.4, 0.5) is 4.79 Å². The summed E-state index contributed by atoms with van der Waals surface area (Å²) < 4.78 is 5.49. The number of nitrogens with one attached hydrogen (secondary N) is 2. The van der Waals surface area contributed by atoms with Gasteiger partial charge in [-0.15, -0.1) is 0 Å². The van der Waals surface area contributed by atoms with Crippen molar-refractivity contribution in [1.82, 2.24) is 15.5 Å². The first-order valence-corrected chi connectivity index (χ1v) is 14.3. The molecule has 40 heavy (non-hydrogen) atoms. The number of amides is 3. The summed E-state index contributed by atoms with van der Waals surface area (Å²) in [6, 6.07) is 12.4. The molecule has 0 spiro atoms. The quantitative estimate of drug-likeness (QED) is 0.290. The molecule has 2 aromatic carbocycles. The fraction of sp³-hybridized carbons (Fsp3) is 0.531. The second-order valence-corrected chi connectivity index (χ2v) is 11.4. The zero-order valence-corrected chi connectivity index (χ0v) is 25.1. The largest absolute Gasteiger partial charge is 0.508 e. The Labute approximate surface area is 239 Å². The van der Waals surface area contributed by atoms with Crippen molar-refractivity contribution in [3.05, 3.63) is 65.2 Å². The number of carbonyl (C=O) groups is 3. The summed E-state index contributed by atoms with van der Waals surface area (Å²) in [6.45, 7) is 13.4. The lowest BCUT2D eigenvalue weighted by atomic mass is 9.98. The van der Waals surface area contributed by atoms with Gasteiger partial charge >= 0.3 is 6.09 Å². The molecule has 220 valence electrons. The van der Waals surface area contributed by atoms with Crippen LogP contribution in [0, 0.1) is 6.92 Å². The second kappa shape index (κ2) is 15.3. The van der Waals surface area contributed by atoms with Crippen molar-refractivity contribution in [2.75, 3.05) is 6.54 Å². The van der Waals surface area contributed by atoms with Gasteiger partial charge in [-0.2, -0.15) is 0 Å². The lowest BCUT2D eigenvalue weighted by Crippen LogP contribution is -2.54. The number of aryl methyl sites for hydroxylation is 1. The summed E-state index contributed by atoms with van der Waals surface area (Å²) in [5.41, 5.74) is 1.32. The van der Waals surface area contributed by atoms with Crippen LogP contribution in [0.5, 0.6) is 5.75 Å². The van der Waals surface area contributed by atoms with E-state index in [0.29, 0.717) is 24.1 Å². The predicted octanol–water partition coefficient (Wildman–Crippen LogP) is 5.81. The minimum absolute atomic E-state index is 0.0821. The highest BCUT2D eigenvalue weighted by molar-refractivity contribution is 5.92. The molecule has 2 rings (SSSR count). The molecule has 0 aliphatic rings. The third kappa shape index (κ3) is 10.2. The van der Waals surface area contributed by atoms with Crippen LogP contribution in [-0.4, -0.2) is 52.1 Å². The van der Waals surface area contributed by atoms with Crippen LogP contribution in [0.1, 0.15) is 90.0 Å². The van der Waals surface area contributed by atoms with E-state index in [1.165, 1.54) is 0 Å². The van der Waals surface area contributed by atoms with E-state index in [1.54, 1.807) is 50.8 Å². The molecule has 3 atom stereocenters. The van der Waals surface area contributed by atoms with Gasteiger partial charge < -0.3 is 25.4 Å². The molecule has 0 fully saturated rings. The molecule has 3 N–H and O–H groups in total. The topological polar surface area (TPSA) is 108 Å². The number of phenols is 1. The van der Waals surface area contributed by atoms with Crippen LogP contribution >= 0.6 is 0 Å². The van der Waals surface area contributed by atoms with Crippen LogP contribution in [0.2, 0.25) is 0 Å². The number of nitrogens with zero attached hydrogens (tertiary/aromatic N) is 1. The first kappa shape index (κ1) is 32.7. The van der Waals surface area contributed by atoms with E-state index in [1.807, 2.05) is 44.2 Å². The maximum absolute atomic E-state index is 14.4. The van der Waals surface area contributed by atoms with Gasteiger partial charge in [0.25, 0.3) is 0 Å². The maximum atomic E-state index is 14.4. The highest BCUT2D eigenvalue weighted by Crippen LogP contribution is 2.28. The molecule has 0 heterocycles. The van der Waals surface area contributed by atoms with Gasteiger partial charge in [-0.25, -0.2) is 4.79 Å². The van der Waals surface area contributed by atoms with Gasteiger partial charge in [0.15, 0.2) is 0 Å². The summed E-state index contributed by atoms with van der Waals surface area (Å²) >= 11 is 0. The zero-order valence-electron chi connectivity index (χ0n) is 25.1. The number of benzene rings is 2. The maximum Gasteiger partial charge on any atom is 0.408 e. The third-order valence-electron chi connectivity index (χ3n) is 6.51. The van der Waals surface area contributed by atoms with Crippen molar-refractivity contribution in [3.8, 4) is 5.75 Å². The van der Waals surface area contributed by atoms with Gasteiger partial charge in [0.05, 0.1) is 0 Å². The van der Waals surface area contributed by atoms with Crippen LogP contribution in [0.3, 0.4) is 0 Å². The lowest BCUT2D eigenvalue weighted by molar-refractivity contribution is -0.142. The molecule has 3 amide bonds. The van der Waals surface area contributed by atoms with Crippen molar-refractivity contribution >= 4 is 17.9 Å². The molecular weight excluding hydrogens is 506 g/mol. The Balaban J connectivity index is 2.57. The number of alkyl carbamates (subject to hydrolysis) is 1. The van der Waals surface area contributed by atoms with E-state index < -0.39 is 23.8 Å². The molecule has 0 radical (unpaired) electrons. The second-order valence-electron chi connectivity index (χ2n) is 11.4. The molecule has 0 bridgehead atoms. The molecule has 0 aliphatic heterocycles. The van der Waals surface area contributed by atoms with Gasteiger partial charge in [0.1, 0.15) is 23.4 Å². The average molecular weight is 554 g/mol. The van der Waals surface area contributed by atoms with Gasteiger partial charge in [-0.1, -0.05) is 63.1 Å². The number of aromatic hydroxyl groups is 1. The van der Waals surface area contributed by atoms with Crippen molar-refractivity contribution in [2.45, 2.75) is 104 Å². The van der Waals surface area contributed by atoms with Crippen molar-refractivity contribution in [2.24, 2.45) is 0 Å².